The van der Waals surface area contributed by atoms with E-state index >= 15 is 0 Å². The van der Waals surface area contributed by atoms with Crippen molar-refractivity contribution in [3.63, 3.8) is 0 Å². The van der Waals surface area contributed by atoms with Crippen LogP contribution in [0.5, 0.6) is 5.75 Å². The van der Waals surface area contributed by atoms with Crippen LogP contribution in [0.1, 0.15) is 27.2 Å². The lowest BCUT2D eigenvalue weighted by Gasteiger charge is -2.17. The molecule has 1 atom stereocenters. The molecule has 1 fully saturated rings. The number of halogens is 2. The molecule has 1 aliphatic rings. The summed E-state index contributed by atoms with van der Waals surface area (Å²) in [6.07, 6.45) is 5.32. The van der Waals surface area contributed by atoms with Gasteiger partial charge in [-0.05, 0) is 38.4 Å². The van der Waals surface area contributed by atoms with Crippen LogP contribution in [0.3, 0.4) is 0 Å². The van der Waals surface area contributed by atoms with Crippen molar-refractivity contribution in [2.75, 3.05) is 44.5 Å². The summed E-state index contributed by atoms with van der Waals surface area (Å²) in [6.45, 7) is 6.83. The van der Waals surface area contributed by atoms with Gasteiger partial charge in [0.2, 0.25) is 5.91 Å². The summed E-state index contributed by atoms with van der Waals surface area (Å²) < 4.78 is 25.1. The number of likely N-dealkylation sites (N-methyl/N-ethyl adjacent to an activating group) is 1. The van der Waals surface area contributed by atoms with Crippen LogP contribution < -0.4 is 15.4 Å². The first-order valence-electron chi connectivity index (χ1n) is 12.7. The Kier molecular flexibility index (Phi) is 13.2. The Labute approximate surface area is 238 Å². The molecule has 0 unspecified atom stereocenters. The molecule has 0 bridgehead atoms. The van der Waals surface area contributed by atoms with E-state index < -0.39 is 11.8 Å². The number of carboxylic acids is 1. The summed E-state index contributed by atoms with van der Waals surface area (Å²) in [5.74, 6) is -0.663. The summed E-state index contributed by atoms with van der Waals surface area (Å²) >= 11 is 5.91. The average molecular weight is 576 g/mol. The summed E-state index contributed by atoms with van der Waals surface area (Å²) in [6, 6.07) is 7.82. The zero-order valence-corrected chi connectivity index (χ0v) is 24.0. The number of hydrogen-bond acceptors (Lipinski definition) is 8. The Hall–Kier alpha value is -3.80. The van der Waals surface area contributed by atoms with Gasteiger partial charge < -0.3 is 30.1 Å². The number of rotatable bonds is 8. The normalized spacial score (nSPS) is 14.2. The van der Waals surface area contributed by atoms with Gasteiger partial charge in [-0.25, -0.2) is 14.4 Å². The van der Waals surface area contributed by atoms with Gasteiger partial charge in [-0.3, -0.25) is 9.59 Å². The molecular weight excluding hydrogens is 541 g/mol. The molecule has 10 nitrogen and oxygen atoms in total. The van der Waals surface area contributed by atoms with E-state index in [-0.39, 0.29) is 17.0 Å². The molecule has 4 rings (SSSR count). The van der Waals surface area contributed by atoms with Crippen LogP contribution in [0.4, 0.5) is 21.6 Å². The highest BCUT2D eigenvalue weighted by atomic mass is 35.5. The number of ether oxygens (including phenoxy) is 2. The summed E-state index contributed by atoms with van der Waals surface area (Å²) in [5, 5.41) is 14.1. The average Bonchev–Trinajstić information content (AvgIpc) is 3.41. The molecule has 1 aliphatic heterocycles. The Balaban J connectivity index is 0.000000858. The van der Waals surface area contributed by atoms with E-state index in [4.69, 9.17) is 31.0 Å². The number of fused-ring (bicyclic) bond motifs is 1. The fourth-order valence-electron chi connectivity index (χ4n) is 3.42. The molecule has 2 heterocycles. The lowest BCUT2D eigenvalue weighted by atomic mass is 10.1. The number of anilines is 3. The summed E-state index contributed by atoms with van der Waals surface area (Å²) in [5.41, 5.74) is 1.65. The van der Waals surface area contributed by atoms with E-state index in [1.807, 2.05) is 32.8 Å². The lowest BCUT2D eigenvalue weighted by Crippen LogP contribution is -2.18. The SMILES string of the molecule is CC.CC(=O)O.CN(C)C/C=C/C(=O)Nc1cc2c(Nc3ccc(F)c(Cl)c3)ncnc2cc1O[C@H]1CCOC1. The van der Waals surface area contributed by atoms with Crippen LogP contribution in [0.25, 0.3) is 10.9 Å². The largest absolute Gasteiger partial charge is 0.486 e. The maximum Gasteiger partial charge on any atom is 0.300 e. The fourth-order valence-corrected chi connectivity index (χ4v) is 3.60. The molecule has 2 aromatic carbocycles. The highest BCUT2D eigenvalue weighted by Crippen LogP contribution is 2.35. The van der Waals surface area contributed by atoms with Crippen molar-refractivity contribution in [1.82, 2.24) is 14.9 Å². The molecule has 0 radical (unpaired) electrons. The predicted octanol–water partition coefficient (Wildman–Crippen LogP) is 5.51. The number of carboxylic acid groups (broad SMARTS) is 1. The van der Waals surface area contributed by atoms with Crippen molar-refractivity contribution in [2.24, 2.45) is 0 Å². The van der Waals surface area contributed by atoms with E-state index in [1.54, 1.807) is 24.3 Å². The molecule has 216 valence electrons. The van der Waals surface area contributed by atoms with Gasteiger partial charge in [-0.15, -0.1) is 0 Å². The second kappa shape index (κ2) is 16.3. The van der Waals surface area contributed by atoms with Crippen LogP contribution >= 0.6 is 11.6 Å². The molecule has 1 amide bonds. The van der Waals surface area contributed by atoms with E-state index in [1.165, 1.54) is 24.5 Å². The van der Waals surface area contributed by atoms with E-state index in [0.717, 1.165) is 13.3 Å². The van der Waals surface area contributed by atoms with Gasteiger partial charge in [-0.2, -0.15) is 0 Å². The summed E-state index contributed by atoms with van der Waals surface area (Å²) in [4.78, 5) is 32.2. The highest BCUT2D eigenvalue weighted by molar-refractivity contribution is 6.31. The molecule has 12 heteroatoms. The second-order valence-corrected chi connectivity index (χ2v) is 9.03. The molecule has 3 N–H and O–H groups in total. The van der Waals surface area contributed by atoms with Crippen molar-refractivity contribution < 1.29 is 28.6 Å². The van der Waals surface area contributed by atoms with Gasteiger partial charge in [-0.1, -0.05) is 31.5 Å². The Morgan fingerprint density at radius 1 is 1.25 bits per heavy atom. The predicted molar refractivity (Wildman–Crippen MR) is 155 cm³/mol. The first-order chi connectivity index (χ1) is 19.1. The number of amides is 1. The van der Waals surface area contributed by atoms with Crippen LogP contribution in [0.15, 0.2) is 48.8 Å². The van der Waals surface area contributed by atoms with E-state index in [0.29, 0.717) is 53.6 Å². The Morgan fingerprint density at radius 3 is 2.60 bits per heavy atom. The van der Waals surface area contributed by atoms with Crippen LogP contribution in [0, 0.1) is 5.82 Å². The number of nitrogens with zero attached hydrogens (tertiary/aromatic N) is 3. The van der Waals surface area contributed by atoms with Gasteiger partial charge >= 0.3 is 0 Å². The zero-order valence-electron chi connectivity index (χ0n) is 23.2. The third-order valence-electron chi connectivity index (χ3n) is 5.10. The van der Waals surface area contributed by atoms with Gasteiger partial charge in [0.15, 0.2) is 0 Å². The number of aromatic nitrogens is 2. The third kappa shape index (κ3) is 10.4. The minimum Gasteiger partial charge on any atom is -0.486 e. The minimum atomic E-state index is -0.833. The minimum absolute atomic E-state index is 0.00436. The smallest absolute Gasteiger partial charge is 0.300 e. The third-order valence-corrected chi connectivity index (χ3v) is 5.39. The lowest BCUT2D eigenvalue weighted by molar-refractivity contribution is -0.134. The monoisotopic (exact) mass is 575 g/mol. The van der Waals surface area contributed by atoms with Crippen molar-refractivity contribution >= 4 is 51.6 Å². The van der Waals surface area contributed by atoms with Crippen molar-refractivity contribution in [3.8, 4) is 5.75 Å². The molecule has 1 saturated heterocycles. The van der Waals surface area contributed by atoms with E-state index in [9.17, 15) is 9.18 Å². The van der Waals surface area contributed by atoms with Gasteiger partial charge in [0.1, 0.15) is 29.8 Å². The van der Waals surface area contributed by atoms with Crippen molar-refractivity contribution in [2.45, 2.75) is 33.3 Å². The fraction of sp³-hybridized carbons (Fsp3) is 0.357. The second-order valence-electron chi connectivity index (χ2n) is 8.62. The molecular formula is C28H35ClFN5O5. The molecule has 0 saturated carbocycles. The maximum absolute atomic E-state index is 13.6. The summed E-state index contributed by atoms with van der Waals surface area (Å²) in [7, 11) is 3.84. The molecule has 0 aliphatic carbocycles. The van der Waals surface area contributed by atoms with Crippen molar-refractivity contribution in [1.29, 1.82) is 0 Å². The van der Waals surface area contributed by atoms with E-state index in [2.05, 4.69) is 20.6 Å². The molecule has 40 heavy (non-hydrogen) atoms. The van der Waals surface area contributed by atoms with Crippen LogP contribution in [-0.4, -0.2) is 71.8 Å². The van der Waals surface area contributed by atoms with Crippen LogP contribution in [0.2, 0.25) is 5.02 Å². The molecule has 3 aromatic rings. The first kappa shape index (κ1) is 32.4. The Bertz CT molecular complexity index is 1310. The van der Waals surface area contributed by atoms with Gasteiger partial charge in [0.05, 0.1) is 29.4 Å². The quantitative estimate of drug-likeness (QED) is 0.298. The highest BCUT2D eigenvalue weighted by Gasteiger charge is 2.20. The molecule has 0 spiro atoms. The maximum atomic E-state index is 13.6. The van der Waals surface area contributed by atoms with Crippen LogP contribution in [-0.2, 0) is 14.3 Å². The number of hydrogen-bond donors (Lipinski definition) is 3. The van der Waals surface area contributed by atoms with Gasteiger partial charge in [0.25, 0.3) is 5.97 Å². The molecule has 1 aromatic heterocycles. The van der Waals surface area contributed by atoms with Crippen molar-refractivity contribution in [3.05, 3.63) is 59.7 Å². The number of benzene rings is 2. The number of nitrogens with one attached hydrogen (secondary N) is 2. The zero-order chi connectivity index (χ0) is 29.7. The first-order valence-corrected chi connectivity index (χ1v) is 13.1. The number of carbonyl (C=O) groups is 2. The number of carbonyl (C=O) groups excluding carboxylic acids is 1. The number of aliphatic carboxylic acids is 1. The van der Waals surface area contributed by atoms with Gasteiger partial charge in [0, 0.05) is 43.1 Å². The standard InChI is InChI=1S/C24H25ClFN5O3.C2H4O2.C2H6/c1-31(2)8-3-4-23(32)30-21-11-17-20(12-22(21)34-16-7-9-33-13-16)27-14-28-24(17)29-15-5-6-19(26)18(25)10-15;1-2(3)4;1-2/h3-6,10-12,14,16H,7-9,13H2,1-2H3,(H,30,32)(H,27,28,29);1H3,(H,3,4);1-2H3/b4-3+;;/t16-;;/m0../s1. The Morgan fingerprint density at radius 2 is 1.98 bits per heavy atom. The topological polar surface area (TPSA) is 126 Å².